The van der Waals surface area contributed by atoms with Gasteiger partial charge in [-0.3, -0.25) is 4.90 Å². The van der Waals surface area contributed by atoms with E-state index in [9.17, 15) is 4.79 Å². The lowest BCUT2D eigenvalue weighted by Gasteiger charge is -2.39. The average molecular weight is 477 g/mol. The second kappa shape index (κ2) is 10.6. The summed E-state index contributed by atoms with van der Waals surface area (Å²) in [6, 6.07) is 13.3. The fourth-order valence-electron chi connectivity index (χ4n) is 4.50. The molecule has 1 aliphatic carbocycles. The summed E-state index contributed by atoms with van der Waals surface area (Å²) in [6.45, 7) is 5.06. The van der Waals surface area contributed by atoms with Crippen LogP contribution in [0.15, 0.2) is 42.5 Å². The van der Waals surface area contributed by atoms with Crippen LogP contribution in [0.5, 0.6) is 5.75 Å². The molecule has 6 nitrogen and oxygen atoms in total. The number of nitrogens with zero attached hydrogens (tertiary/aromatic N) is 2. The molecular weight excluding hydrogens is 447 g/mol. The second-order valence-electron chi connectivity index (χ2n) is 8.52. The summed E-state index contributed by atoms with van der Waals surface area (Å²) < 4.78 is 5.28. The number of rotatable bonds is 7. The van der Waals surface area contributed by atoms with Crippen molar-refractivity contribution in [3.63, 3.8) is 0 Å². The van der Waals surface area contributed by atoms with Crippen LogP contribution in [0.1, 0.15) is 19.3 Å². The molecule has 2 N–H and O–H groups in total. The van der Waals surface area contributed by atoms with E-state index in [1.807, 2.05) is 42.5 Å². The van der Waals surface area contributed by atoms with Crippen molar-refractivity contribution >= 4 is 40.6 Å². The van der Waals surface area contributed by atoms with Crippen LogP contribution in [0.4, 0.5) is 16.2 Å². The van der Waals surface area contributed by atoms with Crippen molar-refractivity contribution in [1.82, 2.24) is 10.2 Å². The molecule has 2 aliphatic rings. The molecule has 172 valence electrons. The highest BCUT2D eigenvalue weighted by atomic mass is 35.5. The van der Waals surface area contributed by atoms with E-state index >= 15 is 0 Å². The Labute approximate surface area is 199 Å². The van der Waals surface area contributed by atoms with Crippen molar-refractivity contribution in [3.8, 4) is 5.75 Å². The van der Waals surface area contributed by atoms with Crippen LogP contribution in [0.25, 0.3) is 0 Å². The summed E-state index contributed by atoms with van der Waals surface area (Å²) in [5.41, 5.74) is 1.71. The lowest BCUT2D eigenvalue weighted by molar-refractivity contribution is 0.172. The van der Waals surface area contributed by atoms with Gasteiger partial charge >= 0.3 is 6.03 Å². The summed E-state index contributed by atoms with van der Waals surface area (Å²) in [6.07, 6.45) is 3.25. The molecule has 0 aromatic heterocycles. The maximum atomic E-state index is 12.3. The Morgan fingerprint density at radius 1 is 1.06 bits per heavy atom. The van der Waals surface area contributed by atoms with Crippen LogP contribution >= 0.6 is 23.2 Å². The van der Waals surface area contributed by atoms with Crippen molar-refractivity contribution < 1.29 is 9.53 Å². The zero-order valence-corrected chi connectivity index (χ0v) is 19.8. The smallest absolute Gasteiger partial charge is 0.319 e. The van der Waals surface area contributed by atoms with Crippen LogP contribution in [-0.4, -0.2) is 56.8 Å². The van der Waals surface area contributed by atoms with Crippen LogP contribution in [0.2, 0.25) is 10.0 Å². The van der Waals surface area contributed by atoms with Gasteiger partial charge in [0.1, 0.15) is 5.75 Å². The minimum atomic E-state index is -0.172. The standard InChI is InChI=1S/C24H30Cl2N4O2/c1-32-22-8-3-2-6-20(22)28-24(31)27-18-15-17(16-18)9-10-29-11-13-30(14-12-29)21-7-4-5-19(25)23(21)26/h2-8,17-18H,9-16H2,1H3,(H2,27,28,31)/t17-,18-. The number of ether oxygens (including phenoxy) is 1. The minimum Gasteiger partial charge on any atom is -0.495 e. The summed E-state index contributed by atoms with van der Waals surface area (Å²) in [5, 5.41) is 7.20. The molecule has 2 aromatic rings. The Morgan fingerprint density at radius 3 is 2.56 bits per heavy atom. The molecule has 1 saturated heterocycles. The molecule has 2 aromatic carbocycles. The molecule has 0 radical (unpaired) electrons. The first-order chi connectivity index (χ1) is 15.5. The van der Waals surface area contributed by atoms with Gasteiger partial charge < -0.3 is 20.3 Å². The molecule has 0 spiro atoms. The first kappa shape index (κ1) is 23.0. The van der Waals surface area contributed by atoms with Gasteiger partial charge in [0.05, 0.1) is 28.5 Å². The third-order valence-corrected chi connectivity index (χ3v) is 7.23. The number of carbonyl (C=O) groups is 1. The lowest BCUT2D eigenvalue weighted by Crippen LogP contribution is -2.49. The Morgan fingerprint density at radius 2 is 1.81 bits per heavy atom. The number of amides is 2. The second-order valence-corrected chi connectivity index (χ2v) is 9.31. The number of anilines is 2. The van der Waals surface area contributed by atoms with E-state index in [1.54, 1.807) is 7.11 Å². The van der Waals surface area contributed by atoms with Gasteiger partial charge in [-0.25, -0.2) is 4.79 Å². The van der Waals surface area contributed by atoms with Gasteiger partial charge in [-0.05, 0) is 56.0 Å². The maximum Gasteiger partial charge on any atom is 0.319 e. The number of benzene rings is 2. The van der Waals surface area contributed by atoms with E-state index in [0.29, 0.717) is 27.4 Å². The summed E-state index contributed by atoms with van der Waals surface area (Å²) in [5.74, 6) is 1.33. The Hall–Kier alpha value is -2.15. The molecule has 1 saturated carbocycles. The van der Waals surface area contributed by atoms with Gasteiger partial charge in [0.15, 0.2) is 0 Å². The number of urea groups is 1. The number of para-hydroxylation sites is 2. The van der Waals surface area contributed by atoms with Gasteiger partial charge in [-0.2, -0.15) is 0 Å². The summed E-state index contributed by atoms with van der Waals surface area (Å²) in [7, 11) is 1.60. The predicted molar refractivity (Wildman–Crippen MR) is 131 cm³/mol. The van der Waals surface area contributed by atoms with Crippen molar-refractivity contribution in [2.45, 2.75) is 25.3 Å². The normalized spacial score (nSPS) is 21.0. The fraction of sp³-hybridized carbons (Fsp3) is 0.458. The molecule has 1 heterocycles. The number of nitrogens with one attached hydrogen (secondary N) is 2. The van der Waals surface area contributed by atoms with Crippen LogP contribution < -0.4 is 20.3 Å². The molecule has 32 heavy (non-hydrogen) atoms. The number of hydrogen-bond acceptors (Lipinski definition) is 4. The molecule has 1 aliphatic heterocycles. The fourth-order valence-corrected chi connectivity index (χ4v) is 4.91. The highest BCUT2D eigenvalue weighted by Gasteiger charge is 2.31. The Bertz CT molecular complexity index is 928. The largest absolute Gasteiger partial charge is 0.495 e. The number of hydrogen-bond donors (Lipinski definition) is 2. The molecule has 2 fully saturated rings. The third-order valence-electron chi connectivity index (χ3n) is 6.42. The number of piperazine rings is 1. The molecule has 8 heteroatoms. The van der Waals surface area contributed by atoms with E-state index in [4.69, 9.17) is 27.9 Å². The van der Waals surface area contributed by atoms with E-state index < -0.39 is 0 Å². The summed E-state index contributed by atoms with van der Waals surface area (Å²) >= 11 is 12.5. The maximum absolute atomic E-state index is 12.3. The Balaban J connectivity index is 1.13. The lowest BCUT2D eigenvalue weighted by atomic mass is 9.78. The Kier molecular flexibility index (Phi) is 7.66. The number of carbonyl (C=O) groups excluding carboxylic acids is 1. The highest BCUT2D eigenvalue weighted by Crippen LogP contribution is 2.34. The van der Waals surface area contributed by atoms with Gasteiger partial charge in [0.2, 0.25) is 0 Å². The SMILES string of the molecule is COc1ccccc1NC(=O)N[C@H]1C[C@H](CCN2CCN(c3cccc(Cl)c3Cl)CC2)C1. The van der Waals surface area contributed by atoms with Crippen LogP contribution in [0.3, 0.4) is 0 Å². The molecule has 0 bridgehead atoms. The molecule has 2 amide bonds. The molecule has 0 atom stereocenters. The van der Waals surface area contributed by atoms with Crippen molar-refractivity contribution in [2.24, 2.45) is 5.92 Å². The zero-order chi connectivity index (χ0) is 22.5. The molecule has 0 unspecified atom stereocenters. The van der Waals surface area contributed by atoms with Crippen LogP contribution in [0, 0.1) is 5.92 Å². The van der Waals surface area contributed by atoms with E-state index in [-0.39, 0.29) is 12.1 Å². The first-order valence-electron chi connectivity index (χ1n) is 11.2. The zero-order valence-electron chi connectivity index (χ0n) is 18.3. The molecular formula is C24H30Cl2N4O2. The monoisotopic (exact) mass is 476 g/mol. The van der Waals surface area contributed by atoms with Crippen LogP contribution in [-0.2, 0) is 0 Å². The topological polar surface area (TPSA) is 56.8 Å². The summed E-state index contributed by atoms with van der Waals surface area (Å²) in [4.78, 5) is 17.1. The van der Waals surface area contributed by atoms with Gasteiger partial charge in [0.25, 0.3) is 0 Å². The van der Waals surface area contributed by atoms with Crippen molar-refractivity contribution in [3.05, 3.63) is 52.5 Å². The first-order valence-corrected chi connectivity index (χ1v) is 11.9. The number of halogens is 2. The highest BCUT2D eigenvalue weighted by molar-refractivity contribution is 6.43. The van der Waals surface area contributed by atoms with E-state index in [0.717, 1.165) is 51.3 Å². The van der Waals surface area contributed by atoms with E-state index in [1.165, 1.54) is 6.42 Å². The van der Waals surface area contributed by atoms with Gasteiger partial charge in [-0.15, -0.1) is 0 Å². The van der Waals surface area contributed by atoms with Crippen molar-refractivity contribution in [1.29, 1.82) is 0 Å². The number of methoxy groups -OCH3 is 1. The quantitative estimate of drug-likeness (QED) is 0.582. The van der Waals surface area contributed by atoms with Gasteiger partial charge in [0, 0.05) is 32.2 Å². The third kappa shape index (κ3) is 5.61. The van der Waals surface area contributed by atoms with Gasteiger partial charge in [-0.1, -0.05) is 41.4 Å². The predicted octanol–water partition coefficient (Wildman–Crippen LogP) is 5.11. The molecule has 4 rings (SSSR count). The average Bonchev–Trinajstić information content (AvgIpc) is 2.78. The van der Waals surface area contributed by atoms with E-state index in [2.05, 4.69) is 20.4 Å². The minimum absolute atomic E-state index is 0.172. The van der Waals surface area contributed by atoms with Crippen molar-refractivity contribution in [2.75, 3.05) is 50.1 Å².